The molecular formula is C15H20F2N2O2. The molecule has 0 spiro atoms. The van der Waals surface area contributed by atoms with E-state index in [0.717, 1.165) is 25.2 Å². The predicted molar refractivity (Wildman–Crippen MR) is 75.0 cm³/mol. The van der Waals surface area contributed by atoms with Gasteiger partial charge in [-0.15, -0.1) is 0 Å². The fraction of sp³-hybridized carbons (Fsp3) is 0.533. The molecule has 1 amide bonds. The van der Waals surface area contributed by atoms with E-state index in [-0.39, 0.29) is 30.2 Å². The quantitative estimate of drug-likeness (QED) is 0.840. The number of hydrogen-bond donors (Lipinski definition) is 2. The SMILES string of the molecule is CC(COc1ccc(F)cc1F)NC(=O)C(C)C1CNC1. The van der Waals surface area contributed by atoms with E-state index in [1.807, 2.05) is 6.92 Å². The lowest BCUT2D eigenvalue weighted by molar-refractivity contribution is -0.127. The zero-order valence-corrected chi connectivity index (χ0v) is 12.2. The average molecular weight is 298 g/mol. The molecule has 1 aromatic rings. The number of amides is 1. The van der Waals surface area contributed by atoms with Crippen molar-refractivity contribution in [2.24, 2.45) is 11.8 Å². The molecule has 1 aromatic carbocycles. The Balaban J connectivity index is 1.78. The van der Waals surface area contributed by atoms with Crippen LogP contribution in [-0.2, 0) is 4.79 Å². The molecule has 116 valence electrons. The third kappa shape index (κ3) is 4.14. The Morgan fingerprint density at radius 1 is 1.43 bits per heavy atom. The van der Waals surface area contributed by atoms with Crippen LogP contribution in [0.3, 0.4) is 0 Å². The number of benzene rings is 1. The van der Waals surface area contributed by atoms with Gasteiger partial charge in [-0.2, -0.15) is 0 Å². The number of nitrogens with one attached hydrogen (secondary N) is 2. The van der Waals surface area contributed by atoms with Crippen molar-refractivity contribution in [1.29, 1.82) is 0 Å². The lowest BCUT2D eigenvalue weighted by atomic mass is 9.88. The first kappa shape index (κ1) is 15.7. The lowest BCUT2D eigenvalue weighted by Gasteiger charge is -2.32. The smallest absolute Gasteiger partial charge is 0.223 e. The molecule has 0 radical (unpaired) electrons. The van der Waals surface area contributed by atoms with E-state index in [1.54, 1.807) is 6.92 Å². The summed E-state index contributed by atoms with van der Waals surface area (Å²) in [5, 5.41) is 5.97. The van der Waals surface area contributed by atoms with Crippen LogP contribution in [0.1, 0.15) is 13.8 Å². The van der Waals surface area contributed by atoms with Gasteiger partial charge in [-0.05, 0) is 38.1 Å². The van der Waals surface area contributed by atoms with Crippen LogP contribution in [0.25, 0.3) is 0 Å². The second-order valence-corrected chi connectivity index (χ2v) is 5.50. The summed E-state index contributed by atoms with van der Waals surface area (Å²) < 4.78 is 31.4. The van der Waals surface area contributed by atoms with Crippen LogP contribution >= 0.6 is 0 Å². The number of carbonyl (C=O) groups is 1. The standard InChI is InChI=1S/C15H20F2N2O2/c1-9(19-15(20)10(2)11-6-18-7-11)8-21-14-4-3-12(16)5-13(14)17/h3-5,9-11,18H,6-8H2,1-2H3,(H,19,20). The van der Waals surface area contributed by atoms with Crippen molar-refractivity contribution in [3.05, 3.63) is 29.8 Å². The fourth-order valence-corrected chi connectivity index (χ4v) is 2.10. The van der Waals surface area contributed by atoms with Gasteiger partial charge in [-0.25, -0.2) is 8.78 Å². The summed E-state index contributed by atoms with van der Waals surface area (Å²) in [4.78, 5) is 12.0. The molecule has 6 heteroatoms. The van der Waals surface area contributed by atoms with E-state index < -0.39 is 11.6 Å². The van der Waals surface area contributed by atoms with Crippen molar-refractivity contribution in [3.8, 4) is 5.75 Å². The summed E-state index contributed by atoms with van der Waals surface area (Å²) in [6, 6.07) is 2.89. The topological polar surface area (TPSA) is 50.4 Å². The average Bonchev–Trinajstić information content (AvgIpc) is 2.35. The second-order valence-electron chi connectivity index (χ2n) is 5.50. The molecule has 2 atom stereocenters. The molecule has 0 aromatic heterocycles. The van der Waals surface area contributed by atoms with Crippen LogP contribution in [-0.4, -0.2) is 31.6 Å². The van der Waals surface area contributed by atoms with E-state index in [1.165, 1.54) is 6.07 Å². The summed E-state index contributed by atoms with van der Waals surface area (Å²) in [6.45, 7) is 5.53. The van der Waals surface area contributed by atoms with Gasteiger partial charge in [-0.1, -0.05) is 6.92 Å². The van der Waals surface area contributed by atoms with Crippen LogP contribution in [0.15, 0.2) is 18.2 Å². The Morgan fingerprint density at radius 2 is 2.14 bits per heavy atom. The lowest BCUT2D eigenvalue weighted by Crippen LogP contribution is -2.51. The fourth-order valence-electron chi connectivity index (χ4n) is 2.10. The van der Waals surface area contributed by atoms with Crippen molar-refractivity contribution >= 4 is 5.91 Å². The van der Waals surface area contributed by atoms with Crippen molar-refractivity contribution in [3.63, 3.8) is 0 Å². The number of carbonyl (C=O) groups excluding carboxylic acids is 1. The summed E-state index contributed by atoms with van der Waals surface area (Å²) in [5.74, 6) is -1.14. The van der Waals surface area contributed by atoms with Gasteiger partial charge in [0.15, 0.2) is 11.6 Å². The van der Waals surface area contributed by atoms with Gasteiger partial charge in [0.25, 0.3) is 0 Å². The highest BCUT2D eigenvalue weighted by Gasteiger charge is 2.29. The summed E-state index contributed by atoms with van der Waals surface area (Å²) in [7, 11) is 0. The van der Waals surface area contributed by atoms with Crippen LogP contribution in [0.4, 0.5) is 8.78 Å². The van der Waals surface area contributed by atoms with Gasteiger partial charge in [0.1, 0.15) is 12.4 Å². The van der Waals surface area contributed by atoms with E-state index in [2.05, 4.69) is 10.6 Å². The van der Waals surface area contributed by atoms with Gasteiger partial charge in [0.05, 0.1) is 6.04 Å². The number of halogens is 2. The predicted octanol–water partition coefficient (Wildman–Crippen LogP) is 1.70. The maximum Gasteiger partial charge on any atom is 0.223 e. The van der Waals surface area contributed by atoms with Crippen molar-refractivity contribution in [2.75, 3.05) is 19.7 Å². The first-order chi connectivity index (χ1) is 9.97. The molecule has 1 saturated heterocycles. The Bertz CT molecular complexity index is 506. The van der Waals surface area contributed by atoms with Crippen LogP contribution in [0.2, 0.25) is 0 Å². The minimum absolute atomic E-state index is 0.0197. The minimum Gasteiger partial charge on any atom is -0.488 e. The molecule has 0 aliphatic carbocycles. The maximum absolute atomic E-state index is 13.4. The van der Waals surface area contributed by atoms with E-state index in [9.17, 15) is 13.6 Å². The maximum atomic E-state index is 13.4. The molecule has 1 aliphatic rings. The van der Waals surface area contributed by atoms with E-state index in [4.69, 9.17) is 4.74 Å². The highest BCUT2D eigenvalue weighted by Crippen LogP contribution is 2.18. The Morgan fingerprint density at radius 3 is 2.71 bits per heavy atom. The van der Waals surface area contributed by atoms with Crippen LogP contribution in [0, 0.1) is 23.5 Å². The molecule has 4 nitrogen and oxygen atoms in total. The molecule has 1 heterocycles. The molecule has 0 saturated carbocycles. The van der Waals surface area contributed by atoms with Gasteiger partial charge in [0.2, 0.25) is 5.91 Å². The largest absolute Gasteiger partial charge is 0.488 e. The summed E-state index contributed by atoms with van der Waals surface area (Å²) >= 11 is 0. The Kier molecular flexibility index (Phi) is 5.12. The highest BCUT2D eigenvalue weighted by atomic mass is 19.1. The van der Waals surface area contributed by atoms with Crippen molar-refractivity contribution in [2.45, 2.75) is 19.9 Å². The molecule has 0 bridgehead atoms. The second kappa shape index (κ2) is 6.85. The molecular weight excluding hydrogens is 278 g/mol. The highest BCUT2D eigenvalue weighted by molar-refractivity contribution is 5.79. The first-order valence-corrected chi connectivity index (χ1v) is 7.06. The minimum atomic E-state index is -0.748. The Hall–Kier alpha value is -1.69. The van der Waals surface area contributed by atoms with E-state index >= 15 is 0 Å². The van der Waals surface area contributed by atoms with Gasteiger partial charge >= 0.3 is 0 Å². The zero-order valence-electron chi connectivity index (χ0n) is 12.2. The van der Waals surface area contributed by atoms with Gasteiger partial charge in [0, 0.05) is 12.0 Å². The van der Waals surface area contributed by atoms with Gasteiger partial charge < -0.3 is 15.4 Å². The van der Waals surface area contributed by atoms with Crippen molar-refractivity contribution in [1.82, 2.24) is 10.6 Å². The molecule has 2 N–H and O–H groups in total. The van der Waals surface area contributed by atoms with Crippen LogP contribution in [0.5, 0.6) is 5.75 Å². The molecule has 1 fully saturated rings. The monoisotopic (exact) mass is 298 g/mol. The third-order valence-electron chi connectivity index (χ3n) is 3.71. The molecule has 2 rings (SSSR count). The molecule has 21 heavy (non-hydrogen) atoms. The summed E-state index contributed by atoms with van der Waals surface area (Å²) in [5.41, 5.74) is 0. The third-order valence-corrected chi connectivity index (χ3v) is 3.71. The first-order valence-electron chi connectivity index (χ1n) is 7.06. The van der Waals surface area contributed by atoms with Gasteiger partial charge in [-0.3, -0.25) is 4.79 Å². The normalized spacial score (nSPS) is 17.7. The molecule has 1 aliphatic heterocycles. The van der Waals surface area contributed by atoms with Crippen LogP contribution < -0.4 is 15.4 Å². The number of rotatable bonds is 6. The summed E-state index contributed by atoms with van der Waals surface area (Å²) in [6.07, 6.45) is 0. The molecule has 2 unspecified atom stereocenters. The number of ether oxygens (including phenoxy) is 1. The zero-order chi connectivity index (χ0) is 15.4. The van der Waals surface area contributed by atoms with Crippen molar-refractivity contribution < 1.29 is 18.3 Å². The van der Waals surface area contributed by atoms with E-state index in [0.29, 0.717) is 5.92 Å². The Labute approximate surface area is 122 Å². The number of hydrogen-bond acceptors (Lipinski definition) is 3.